The van der Waals surface area contributed by atoms with E-state index in [1.54, 1.807) is 30.3 Å². The first kappa shape index (κ1) is 28.3. The van der Waals surface area contributed by atoms with Crippen molar-refractivity contribution in [3.63, 3.8) is 0 Å². The third-order valence-corrected chi connectivity index (χ3v) is 6.37. The molecule has 1 N–H and O–H groups in total. The fourth-order valence-corrected chi connectivity index (χ4v) is 3.89. The summed E-state index contributed by atoms with van der Waals surface area (Å²) in [5.74, 6) is -0.839. The molecule has 1 fully saturated rings. The number of halogens is 3. The van der Waals surface area contributed by atoms with E-state index in [0.29, 0.717) is 23.3 Å². The van der Waals surface area contributed by atoms with Gasteiger partial charge in [-0.15, -0.1) is 23.2 Å². The summed E-state index contributed by atoms with van der Waals surface area (Å²) in [6.07, 6.45) is 1.92. The van der Waals surface area contributed by atoms with Gasteiger partial charge in [0.15, 0.2) is 0 Å². The molecule has 0 aliphatic heterocycles. The molecule has 0 bridgehead atoms. The Balaban J connectivity index is 1.67. The predicted octanol–water partition coefficient (Wildman–Crippen LogP) is 5.14. The van der Waals surface area contributed by atoms with Crippen LogP contribution < -0.4 is 10.2 Å². The van der Waals surface area contributed by atoms with Crippen LogP contribution in [0.3, 0.4) is 0 Å². The summed E-state index contributed by atoms with van der Waals surface area (Å²) < 4.78 is 29.6. The Hall–Kier alpha value is -3.27. The first-order valence-corrected chi connectivity index (χ1v) is 11.9. The summed E-state index contributed by atoms with van der Waals surface area (Å²) in [6.45, 7) is 4.18. The molecule has 3 rings (SSSR count). The van der Waals surface area contributed by atoms with Gasteiger partial charge in [0.2, 0.25) is 0 Å². The van der Waals surface area contributed by atoms with Crippen LogP contribution in [0.25, 0.3) is 5.57 Å². The maximum atomic E-state index is 14.9. The molecule has 1 atom stereocenters. The molecule has 2 aromatic carbocycles. The first-order chi connectivity index (χ1) is 17.7. The second-order valence-corrected chi connectivity index (χ2v) is 9.56. The Morgan fingerprint density at radius 2 is 1.95 bits per heavy atom. The van der Waals surface area contributed by atoms with E-state index >= 15 is 0 Å². The van der Waals surface area contributed by atoms with E-state index < -0.39 is 16.1 Å². The van der Waals surface area contributed by atoms with E-state index in [2.05, 4.69) is 17.2 Å². The second-order valence-electron chi connectivity index (χ2n) is 8.02. The van der Waals surface area contributed by atoms with Crippen molar-refractivity contribution in [1.82, 2.24) is 5.48 Å². The number of hydrogen-bond donors (Lipinski definition) is 1. The van der Waals surface area contributed by atoms with Gasteiger partial charge >= 0.3 is 5.97 Å². The van der Waals surface area contributed by atoms with Crippen molar-refractivity contribution in [3.8, 4) is 5.75 Å². The molecule has 1 unspecified atom stereocenters. The van der Waals surface area contributed by atoms with Gasteiger partial charge in [-0.3, -0.25) is 10.3 Å². The Morgan fingerprint density at radius 3 is 2.57 bits per heavy atom. The van der Waals surface area contributed by atoms with Crippen LogP contribution in [0.1, 0.15) is 23.1 Å². The number of oxime groups is 1. The number of ether oxygens (including phenoxy) is 3. The lowest BCUT2D eigenvalue weighted by Gasteiger charge is -2.15. The highest BCUT2D eigenvalue weighted by Gasteiger charge is 2.52. The summed E-state index contributed by atoms with van der Waals surface area (Å²) >= 11 is 12.0. The van der Waals surface area contributed by atoms with Crippen molar-refractivity contribution >= 4 is 40.5 Å². The zero-order valence-corrected chi connectivity index (χ0v) is 22.1. The molecule has 0 amide bonds. The number of benzene rings is 2. The van der Waals surface area contributed by atoms with E-state index in [9.17, 15) is 9.18 Å². The number of esters is 1. The molecular formula is C26H27Cl2FN2O6. The Bertz CT molecular complexity index is 1200. The third kappa shape index (κ3) is 7.38. The number of methoxy groups -OCH3 is 2. The fraction of sp³-hybridized carbons (Fsp3) is 0.308. The van der Waals surface area contributed by atoms with E-state index in [1.165, 1.54) is 39.7 Å². The third-order valence-electron chi connectivity index (χ3n) is 5.44. The monoisotopic (exact) mass is 552 g/mol. The number of nitrogens with one attached hydrogen (secondary N) is 1. The van der Waals surface area contributed by atoms with Gasteiger partial charge in [-0.25, -0.2) is 9.18 Å². The number of hydrogen-bond acceptors (Lipinski definition) is 8. The van der Waals surface area contributed by atoms with Crippen molar-refractivity contribution in [2.24, 2.45) is 11.1 Å². The molecule has 0 spiro atoms. The van der Waals surface area contributed by atoms with Gasteiger partial charge in [-0.05, 0) is 29.7 Å². The molecule has 37 heavy (non-hydrogen) atoms. The Morgan fingerprint density at radius 1 is 1.22 bits per heavy atom. The van der Waals surface area contributed by atoms with E-state index in [0.717, 1.165) is 0 Å². The molecule has 2 aromatic rings. The molecule has 1 saturated carbocycles. The molecule has 0 saturated heterocycles. The zero-order valence-electron chi connectivity index (χ0n) is 20.6. The van der Waals surface area contributed by atoms with Gasteiger partial charge < -0.3 is 19.0 Å². The molecule has 1 aliphatic carbocycles. The van der Waals surface area contributed by atoms with Crippen LogP contribution in [0.4, 0.5) is 4.39 Å². The van der Waals surface area contributed by atoms with E-state index in [-0.39, 0.29) is 41.7 Å². The van der Waals surface area contributed by atoms with Crippen LogP contribution in [0.15, 0.2) is 66.2 Å². The molecule has 198 valence electrons. The SMILES string of the molecule is C=C(NOCc1ccccc1C(=COC)C(=O)OC)C(=NOC)c1ccc(OCC2CC2(Cl)Cl)cc1F. The number of nitrogens with zero attached hydrogens (tertiary/aromatic N) is 1. The van der Waals surface area contributed by atoms with Gasteiger partial charge in [0, 0.05) is 17.5 Å². The highest BCUT2D eigenvalue weighted by molar-refractivity contribution is 6.50. The van der Waals surface area contributed by atoms with Crippen molar-refractivity contribution in [1.29, 1.82) is 0 Å². The number of alkyl halides is 2. The lowest BCUT2D eigenvalue weighted by molar-refractivity contribution is -0.133. The van der Waals surface area contributed by atoms with Gasteiger partial charge in [-0.1, -0.05) is 36.0 Å². The van der Waals surface area contributed by atoms with Gasteiger partial charge in [0.25, 0.3) is 0 Å². The lowest BCUT2D eigenvalue weighted by atomic mass is 10.0. The summed E-state index contributed by atoms with van der Waals surface area (Å²) in [6, 6.07) is 11.4. The average molecular weight is 553 g/mol. The van der Waals surface area contributed by atoms with Crippen molar-refractivity contribution in [2.45, 2.75) is 17.4 Å². The summed E-state index contributed by atoms with van der Waals surface area (Å²) in [5.41, 5.74) is 4.42. The van der Waals surface area contributed by atoms with Crippen molar-refractivity contribution < 1.29 is 33.1 Å². The van der Waals surface area contributed by atoms with Crippen molar-refractivity contribution in [2.75, 3.05) is 27.9 Å². The first-order valence-electron chi connectivity index (χ1n) is 11.1. The average Bonchev–Trinajstić information content (AvgIpc) is 3.51. The second kappa shape index (κ2) is 12.8. The maximum Gasteiger partial charge on any atom is 0.341 e. The summed E-state index contributed by atoms with van der Waals surface area (Å²) in [5, 5.41) is 3.89. The standard InChI is InChI=1S/C26H27Cl2FN2O6/c1-16(30-37-13-17-7-5-6-8-20(17)22(15-33-2)25(32)34-3)24(31-35-4)21-10-9-19(11-23(21)29)36-14-18-12-26(18,27)28/h5-11,15,18,30H,1,12-14H2,2-4H3. The van der Waals surface area contributed by atoms with Crippen molar-refractivity contribution in [3.05, 3.63) is 83.5 Å². The highest BCUT2D eigenvalue weighted by atomic mass is 35.5. The number of allylic oxidation sites excluding steroid dienone is 1. The topological polar surface area (TPSA) is 87.6 Å². The van der Waals surface area contributed by atoms with E-state index in [4.69, 9.17) is 47.1 Å². The Labute approximate surface area is 224 Å². The maximum absolute atomic E-state index is 14.9. The van der Waals surface area contributed by atoms with Gasteiger partial charge in [-0.2, -0.15) is 0 Å². The number of carbonyl (C=O) groups is 1. The lowest BCUT2D eigenvalue weighted by Crippen LogP contribution is -2.22. The van der Waals surface area contributed by atoms with E-state index in [1.807, 2.05) is 0 Å². The summed E-state index contributed by atoms with van der Waals surface area (Å²) in [4.78, 5) is 22.7. The molecule has 1 aliphatic rings. The fourth-order valence-electron chi connectivity index (χ4n) is 3.39. The molecule has 0 radical (unpaired) electrons. The number of carbonyl (C=O) groups excluding carboxylic acids is 1. The van der Waals surface area contributed by atoms with Crippen LogP contribution in [0, 0.1) is 11.7 Å². The van der Waals surface area contributed by atoms with Crippen LogP contribution in [0.5, 0.6) is 5.75 Å². The Kier molecular flexibility index (Phi) is 9.79. The minimum Gasteiger partial charge on any atom is -0.503 e. The van der Waals surface area contributed by atoms with Crippen LogP contribution in [-0.4, -0.2) is 44.0 Å². The zero-order chi connectivity index (χ0) is 27.0. The molecule has 11 heteroatoms. The minimum absolute atomic E-state index is 0.00382. The van der Waals surface area contributed by atoms with Crippen LogP contribution >= 0.6 is 23.2 Å². The predicted molar refractivity (Wildman–Crippen MR) is 138 cm³/mol. The number of hydroxylamine groups is 1. The molecule has 0 heterocycles. The molecule has 8 nitrogen and oxygen atoms in total. The van der Waals surface area contributed by atoms with Crippen LogP contribution in [-0.2, 0) is 30.6 Å². The highest BCUT2D eigenvalue weighted by Crippen LogP contribution is 2.53. The normalized spacial score (nSPS) is 16.5. The largest absolute Gasteiger partial charge is 0.503 e. The summed E-state index contributed by atoms with van der Waals surface area (Å²) in [7, 11) is 4.04. The quantitative estimate of drug-likeness (QED) is 0.0918. The minimum atomic E-state index is -0.776. The van der Waals surface area contributed by atoms with Crippen LogP contribution in [0.2, 0.25) is 0 Å². The van der Waals surface area contributed by atoms with Gasteiger partial charge in [0.05, 0.1) is 32.8 Å². The van der Waals surface area contributed by atoms with Gasteiger partial charge in [0.1, 0.15) is 40.9 Å². The molecule has 0 aromatic heterocycles. The smallest absolute Gasteiger partial charge is 0.341 e. The number of rotatable bonds is 13. The molecular weight excluding hydrogens is 526 g/mol.